The number of H-pyrrole nitrogens is 1. The maximum atomic E-state index is 12.8. The molecule has 0 saturated carbocycles. The zero-order valence-corrected chi connectivity index (χ0v) is 27.3. The normalized spacial score (nSPS) is 17.9. The lowest BCUT2D eigenvalue weighted by Crippen LogP contribution is -2.38. The van der Waals surface area contributed by atoms with Crippen molar-refractivity contribution in [2.45, 2.75) is 37.4 Å². The van der Waals surface area contributed by atoms with E-state index < -0.39 is 43.9 Å². The third-order valence-corrected chi connectivity index (χ3v) is 8.83. The summed E-state index contributed by atoms with van der Waals surface area (Å²) in [5, 5.41) is 0. The molecule has 0 amide bonds. The van der Waals surface area contributed by atoms with E-state index in [9.17, 15) is 9.59 Å². The molecule has 0 spiro atoms. The van der Waals surface area contributed by atoms with Gasteiger partial charge in [0.2, 0.25) is 0 Å². The summed E-state index contributed by atoms with van der Waals surface area (Å²) < 4.78 is 42.8. The van der Waals surface area contributed by atoms with E-state index in [0.29, 0.717) is 17.1 Å². The Balaban J connectivity index is 0.00000480. The molecule has 3 atom stereocenters. The number of nitrogens with one attached hydrogen (secondary N) is 1. The first-order chi connectivity index (χ1) is 21.8. The minimum absolute atomic E-state index is 0. The molecular weight excluding hydrogens is 610 g/mol. The topological polar surface area (TPSA) is 119 Å². The van der Waals surface area contributed by atoms with Crippen molar-refractivity contribution in [1.29, 1.82) is 0 Å². The van der Waals surface area contributed by atoms with E-state index in [1.165, 1.54) is 25.0 Å². The summed E-state index contributed by atoms with van der Waals surface area (Å²) in [4.78, 5) is 27.2. The molecule has 1 N–H and O–H groups in total. The van der Waals surface area contributed by atoms with Crippen LogP contribution in [-0.2, 0) is 28.6 Å². The number of nitrogens with zero attached hydrogens (tertiary/aromatic N) is 1. The Morgan fingerprint density at radius 3 is 1.91 bits per heavy atom. The second kappa shape index (κ2) is 15.7. The largest absolute Gasteiger partial charge is 0.497 e. The number of hydrogen-bond acceptors (Lipinski definition) is 9. The van der Waals surface area contributed by atoms with E-state index in [-0.39, 0.29) is 21.4 Å². The van der Waals surface area contributed by atoms with Gasteiger partial charge in [0.1, 0.15) is 29.4 Å². The maximum Gasteiger partial charge on any atom is 0.332 e. The first kappa shape index (κ1) is 35.1. The van der Waals surface area contributed by atoms with Crippen LogP contribution in [0.15, 0.2) is 94.6 Å². The van der Waals surface area contributed by atoms with Gasteiger partial charge in [-0.1, -0.05) is 54.6 Å². The molecule has 11 nitrogen and oxygen atoms in total. The SMILES string of the molecule is COc1ccc(C(OC[C@H]2O[C@@H](n3cc(C)c(=O)[nH]c3=O)C[C@@H]2OP(OC)OC)(c2ccccc2)c2ccc(OC)cc2)cc1.[B]. The third kappa shape index (κ3) is 7.28. The first-order valence-corrected chi connectivity index (χ1v) is 15.4. The van der Waals surface area contributed by atoms with Gasteiger partial charge in [-0.25, -0.2) is 4.79 Å². The van der Waals surface area contributed by atoms with Gasteiger partial charge in [0.05, 0.1) is 26.9 Å². The van der Waals surface area contributed by atoms with Crippen molar-refractivity contribution in [3.8, 4) is 11.5 Å². The van der Waals surface area contributed by atoms with Crippen LogP contribution in [-0.4, -0.2) is 65.2 Å². The fourth-order valence-corrected chi connectivity index (χ4v) is 6.25. The lowest BCUT2D eigenvalue weighted by atomic mass is 9.80. The fourth-order valence-electron chi connectivity index (χ4n) is 5.48. The molecule has 241 valence electrons. The quantitative estimate of drug-likeness (QED) is 0.125. The second-order valence-electron chi connectivity index (χ2n) is 10.4. The summed E-state index contributed by atoms with van der Waals surface area (Å²) in [7, 11) is 4.55. The number of aryl methyl sites for hydroxylation is 1. The lowest BCUT2D eigenvalue weighted by molar-refractivity contribution is -0.0927. The van der Waals surface area contributed by atoms with Crippen LogP contribution in [0.5, 0.6) is 11.5 Å². The van der Waals surface area contributed by atoms with Crippen molar-refractivity contribution in [3.63, 3.8) is 0 Å². The number of methoxy groups -OCH3 is 2. The van der Waals surface area contributed by atoms with Crippen molar-refractivity contribution in [1.82, 2.24) is 9.55 Å². The smallest absolute Gasteiger partial charge is 0.332 e. The van der Waals surface area contributed by atoms with E-state index in [4.69, 9.17) is 32.5 Å². The molecule has 1 aromatic heterocycles. The summed E-state index contributed by atoms with van der Waals surface area (Å²) in [5.41, 5.74) is 0.863. The molecule has 13 heteroatoms. The molecule has 0 aliphatic carbocycles. The van der Waals surface area contributed by atoms with Gasteiger partial charge in [0, 0.05) is 40.8 Å². The average molecular weight is 647 g/mol. The highest BCUT2D eigenvalue weighted by molar-refractivity contribution is 7.41. The maximum absolute atomic E-state index is 12.8. The van der Waals surface area contributed by atoms with Crippen molar-refractivity contribution in [2.75, 3.05) is 35.0 Å². The highest BCUT2D eigenvalue weighted by Gasteiger charge is 2.44. The minimum atomic E-state index is -1.69. The van der Waals surface area contributed by atoms with Crippen molar-refractivity contribution >= 4 is 17.0 Å². The highest BCUT2D eigenvalue weighted by atomic mass is 31.2. The second-order valence-corrected chi connectivity index (χ2v) is 11.8. The molecule has 0 bridgehead atoms. The van der Waals surface area contributed by atoms with Gasteiger partial charge in [-0.05, 0) is 47.9 Å². The molecule has 1 fully saturated rings. The number of hydrogen-bond donors (Lipinski definition) is 1. The predicted octanol–water partition coefficient (Wildman–Crippen LogP) is 4.68. The molecule has 1 saturated heterocycles. The summed E-state index contributed by atoms with van der Waals surface area (Å²) in [5.74, 6) is 1.42. The number of aromatic nitrogens is 2. The van der Waals surface area contributed by atoms with Gasteiger partial charge in [0.15, 0.2) is 0 Å². The third-order valence-electron chi connectivity index (χ3n) is 7.79. The van der Waals surface area contributed by atoms with Gasteiger partial charge in [0.25, 0.3) is 5.56 Å². The van der Waals surface area contributed by atoms with Crippen LogP contribution < -0.4 is 20.7 Å². The Morgan fingerprint density at radius 1 is 0.848 bits per heavy atom. The Labute approximate surface area is 270 Å². The van der Waals surface area contributed by atoms with E-state index in [1.54, 1.807) is 21.1 Å². The van der Waals surface area contributed by atoms with Gasteiger partial charge < -0.3 is 32.5 Å². The van der Waals surface area contributed by atoms with E-state index in [2.05, 4.69) is 4.98 Å². The molecule has 4 aromatic rings. The summed E-state index contributed by atoms with van der Waals surface area (Å²) >= 11 is 0. The van der Waals surface area contributed by atoms with Gasteiger partial charge >= 0.3 is 14.3 Å². The van der Waals surface area contributed by atoms with E-state index in [0.717, 1.165) is 16.7 Å². The van der Waals surface area contributed by atoms with Crippen molar-refractivity contribution in [2.24, 2.45) is 0 Å². The number of ether oxygens (including phenoxy) is 4. The van der Waals surface area contributed by atoms with Crippen LogP contribution >= 0.6 is 8.60 Å². The van der Waals surface area contributed by atoms with Crippen LogP contribution in [0, 0.1) is 6.92 Å². The number of benzene rings is 3. The van der Waals surface area contributed by atoms with Crippen LogP contribution in [0.1, 0.15) is 34.9 Å². The van der Waals surface area contributed by atoms with E-state index >= 15 is 0 Å². The number of rotatable bonds is 13. The van der Waals surface area contributed by atoms with Crippen molar-refractivity contribution < 1.29 is 32.5 Å². The Morgan fingerprint density at radius 2 is 1.39 bits per heavy atom. The van der Waals surface area contributed by atoms with Gasteiger partial charge in [-0.3, -0.25) is 14.3 Å². The summed E-state index contributed by atoms with van der Waals surface area (Å²) in [6.45, 7) is 1.69. The van der Waals surface area contributed by atoms with Crippen LogP contribution in [0.2, 0.25) is 0 Å². The molecule has 46 heavy (non-hydrogen) atoms. The van der Waals surface area contributed by atoms with Crippen molar-refractivity contribution in [3.05, 3.63) is 128 Å². The zero-order valence-electron chi connectivity index (χ0n) is 26.4. The van der Waals surface area contributed by atoms with Crippen LogP contribution in [0.3, 0.4) is 0 Å². The molecule has 3 radical (unpaired) electrons. The molecule has 1 aliphatic rings. The molecule has 0 unspecified atom stereocenters. The standard InChI is InChI=1S/C33H37N2O9P.B/c1-22-20-35(32(37)34-31(22)36)30-19-28(44-45(40-4)41-5)29(43-30)21-42-33(23-9-7-6-8-10-23,24-11-15-26(38-2)16-12-24)25-13-17-27(39-3)18-14-25;/h6-18,20,28-30H,19,21H2,1-5H3,(H,34,36,37);/t28-,29+,30+;/m0./s1. The Kier molecular flexibility index (Phi) is 12.0. The average Bonchev–Trinajstić information content (AvgIpc) is 3.48. The molecular formula is C33H37BN2O9P. The minimum Gasteiger partial charge on any atom is -0.497 e. The lowest BCUT2D eigenvalue weighted by Gasteiger charge is -2.37. The Bertz CT molecular complexity index is 1610. The molecule has 1 aliphatic heterocycles. The molecule has 3 aromatic carbocycles. The fraction of sp³-hybridized carbons (Fsp3) is 0.333. The van der Waals surface area contributed by atoms with Gasteiger partial charge in [-0.15, -0.1) is 0 Å². The van der Waals surface area contributed by atoms with E-state index in [1.807, 2.05) is 78.9 Å². The zero-order chi connectivity index (χ0) is 32.0. The van der Waals surface area contributed by atoms with Crippen LogP contribution in [0.25, 0.3) is 0 Å². The summed E-state index contributed by atoms with van der Waals surface area (Å²) in [6, 6.07) is 25.4. The summed E-state index contributed by atoms with van der Waals surface area (Å²) in [6.07, 6.45) is -0.173. The molecule has 5 rings (SSSR count). The first-order valence-electron chi connectivity index (χ1n) is 14.3. The monoisotopic (exact) mass is 647 g/mol. The Hall–Kier alpha value is -3.77. The highest BCUT2D eigenvalue weighted by Crippen LogP contribution is 2.46. The van der Waals surface area contributed by atoms with Crippen LogP contribution in [0.4, 0.5) is 0 Å². The predicted molar refractivity (Wildman–Crippen MR) is 174 cm³/mol. The number of aromatic amines is 1. The van der Waals surface area contributed by atoms with Gasteiger partial charge in [-0.2, -0.15) is 0 Å². The molecule has 2 heterocycles.